The van der Waals surface area contributed by atoms with Crippen LogP contribution in [0.5, 0.6) is 5.75 Å². The summed E-state index contributed by atoms with van der Waals surface area (Å²) in [5.74, 6) is -0.416. The minimum atomic E-state index is -4.03. The summed E-state index contributed by atoms with van der Waals surface area (Å²) in [6.07, 6.45) is 1.42. The molecule has 4 aromatic carbocycles. The number of hydrogen-bond donors (Lipinski definition) is 1. The number of anilines is 1. The molecule has 1 amide bonds. The Labute approximate surface area is 197 Å². The van der Waals surface area contributed by atoms with Gasteiger partial charge in [-0.25, -0.2) is 0 Å². The molecule has 168 valence electrons. The molecule has 7 heteroatoms. The van der Waals surface area contributed by atoms with E-state index in [4.69, 9.17) is 4.18 Å². The number of nitriles is 1. The van der Waals surface area contributed by atoms with Crippen LogP contribution in [0, 0.1) is 18.3 Å². The zero-order valence-corrected chi connectivity index (χ0v) is 19.0. The highest BCUT2D eigenvalue weighted by Gasteiger charge is 2.17. The van der Waals surface area contributed by atoms with E-state index in [-0.39, 0.29) is 16.2 Å². The van der Waals surface area contributed by atoms with Crippen LogP contribution in [-0.4, -0.2) is 14.3 Å². The first-order chi connectivity index (χ1) is 16.3. The van der Waals surface area contributed by atoms with Crippen molar-refractivity contribution in [3.8, 4) is 11.8 Å². The molecule has 0 bridgehead atoms. The normalized spacial score (nSPS) is 11.6. The van der Waals surface area contributed by atoms with E-state index in [0.29, 0.717) is 11.3 Å². The number of amides is 1. The van der Waals surface area contributed by atoms with Gasteiger partial charge in [0.15, 0.2) is 0 Å². The van der Waals surface area contributed by atoms with E-state index in [0.717, 1.165) is 16.3 Å². The predicted octanol–water partition coefficient (Wildman–Crippen LogP) is 5.46. The summed E-state index contributed by atoms with van der Waals surface area (Å²) in [5.41, 5.74) is 2.04. The van der Waals surface area contributed by atoms with Crippen LogP contribution in [0.15, 0.2) is 101 Å². The molecule has 0 saturated carbocycles. The Hall–Kier alpha value is -4.41. The first-order valence-corrected chi connectivity index (χ1v) is 11.8. The van der Waals surface area contributed by atoms with Crippen molar-refractivity contribution >= 4 is 38.6 Å². The molecule has 0 saturated heterocycles. The summed E-state index contributed by atoms with van der Waals surface area (Å²) >= 11 is 0. The monoisotopic (exact) mass is 468 g/mol. The SMILES string of the molecule is Cc1cccc(NC(=O)/C(C#N)=C/c2ccc(OS(=O)(=O)c3ccc4ccccc4c3)cc2)c1. The topological polar surface area (TPSA) is 96.3 Å². The second-order valence-corrected chi connectivity index (χ2v) is 9.16. The Bertz CT molecular complexity index is 1550. The van der Waals surface area contributed by atoms with Crippen molar-refractivity contribution in [3.63, 3.8) is 0 Å². The maximum Gasteiger partial charge on any atom is 0.339 e. The third-order valence-electron chi connectivity index (χ3n) is 5.05. The lowest BCUT2D eigenvalue weighted by atomic mass is 10.1. The van der Waals surface area contributed by atoms with Crippen LogP contribution in [0.4, 0.5) is 5.69 Å². The van der Waals surface area contributed by atoms with Crippen molar-refractivity contribution in [2.45, 2.75) is 11.8 Å². The molecule has 0 spiro atoms. The zero-order chi connectivity index (χ0) is 24.1. The van der Waals surface area contributed by atoms with Crippen molar-refractivity contribution in [1.29, 1.82) is 5.26 Å². The number of rotatable bonds is 6. The summed E-state index contributed by atoms with van der Waals surface area (Å²) in [5, 5.41) is 13.8. The van der Waals surface area contributed by atoms with Crippen LogP contribution >= 0.6 is 0 Å². The number of nitrogens with one attached hydrogen (secondary N) is 1. The molecule has 0 aromatic heterocycles. The number of carbonyl (C=O) groups is 1. The lowest BCUT2D eigenvalue weighted by Crippen LogP contribution is -2.13. The van der Waals surface area contributed by atoms with Crippen LogP contribution in [0.2, 0.25) is 0 Å². The average molecular weight is 469 g/mol. The maximum atomic E-state index is 12.7. The second-order valence-electron chi connectivity index (χ2n) is 7.61. The molecule has 0 aliphatic rings. The van der Waals surface area contributed by atoms with Crippen LogP contribution in [-0.2, 0) is 14.9 Å². The predicted molar refractivity (Wildman–Crippen MR) is 132 cm³/mol. The first kappa shape index (κ1) is 22.8. The Morgan fingerprint density at radius 3 is 2.35 bits per heavy atom. The van der Waals surface area contributed by atoms with Crippen molar-refractivity contribution in [3.05, 3.63) is 108 Å². The molecule has 0 fully saturated rings. The minimum Gasteiger partial charge on any atom is -0.379 e. The van der Waals surface area contributed by atoms with E-state index in [2.05, 4.69) is 5.32 Å². The molecule has 1 N–H and O–H groups in total. The van der Waals surface area contributed by atoms with E-state index in [1.807, 2.05) is 49.4 Å². The summed E-state index contributed by atoms with van der Waals surface area (Å²) in [6.45, 7) is 1.90. The van der Waals surface area contributed by atoms with Crippen LogP contribution in [0.25, 0.3) is 16.8 Å². The van der Waals surface area contributed by atoms with E-state index in [1.165, 1.54) is 24.3 Å². The van der Waals surface area contributed by atoms with Gasteiger partial charge in [0.25, 0.3) is 5.91 Å². The van der Waals surface area contributed by atoms with Gasteiger partial charge in [-0.15, -0.1) is 0 Å². The van der Waals surface area contributed by atoms with Gasteiger partial charge in [-0.2, -0.15) is 13.7 Å². The smallest absolute Gasteiger partial charge is 0.339 e. The molecule has 0 heterocycles. The van der Waals surface area contributed by atoms with E-state index >= 15 is 0 Å². The van der Waals surface area contributed by atoms with Crippen molar-refractivity contribution < 1.29 is 17.4 Å². The summed E-state index contributed by atoms with van der Waals surface area (Å²) in [4.78, 5) is 12.5. The largest absolute Gasteiger partial charge is 0.379 e. The summed E-state index contributed by atoms with van der Waals surface area (Å²) in [7, 11) is -4.03. The van der Waals surface area contributed by atoms with Crippen molar-refractivity contribution in [2.24, 2.45) is 0 Å². The van der Waals surface area contributed by atoms with Crippen LogP contribution < -0.4 is 9.50 Å². The van der Waals surface area contributed by atoms with Crippen LogP contribution in [0.1, 0.15) is 11.1 Å². The fourth-order valence-corrected chi connectivity index (χ4v) is 4.32. The molecular weight excluding hydrogens is 448 g/mol. The van der Waals surface area contributed by atoms with Gasteiger partial charge in [0.05, 0.1) is 0 Å². The van der Waals surface area contributed by atoms with Crippen LogP contribution in [0.3, 0.4) is 0 Å². The molecule has 0 aliphatic heterocycles. The minimum absolute atomic E-state index is 0.0507. The molecular formula is C27H20N2O4S. The van der Waals surface area contributed by atoms with Gasteiger partial charge in [-0.1, -0.05) is 54.6 Å². The third-order valence-corrected chi connectivity index (χ3v) is 6.29. The Morgan fingerprint density at radius 1 is 0.912 bits per heavy atom. The van der Waals surface area contributed by atoms with Gasteiger partial charge in [0.2, 0.25) is 0 Å². The van der Waals surface area contributed by atoms with Gasteiger partial charge in [-0.3, -0.25) is 4.79 Å². The van der Waals surface area contributed by atoms with E-state index in [9.17, 15) is 18.5 Å². The third kappa shape index (κ3) is 5.31. The highest BCUT2D eigenvalue weighted by atomic mass is 32.2. The molecule has 0 unspecified atom stereocenters. The highest BCUT2D eigenvalue weighted by Crippen LogP contribution is 2.23. The number of fused-ring (bicyclic) bond motifs is 1. The molecule has 0 radical (unpaired) electrons. The van der Waals surface area contributed by atoms with Gasteiger partial charge < -0.3 is 9.50 Å². The quantitative estimate of drug-likeness (QED) is 0.230. The molecule has 4 aromatic rings. The van der Waals surface area contributed by atoms with Gasteiger partial charge >= 0.3 is 10.1 Å². The Balaban J connectivity index is 1.49. The lowest BCUT2D eigenvalue weighted by Gasteiger charge is -2.08. The molecule has 4 rings (SSSR count). The van der Waals surface area contributed by atoms with Gasteiger partial charge in [0, 0.05) is 5.69 Å². The van der Waals surface area contributed by atoms with Crippen molar-refractivity contribution in [1.82, 2.24) is 0 Å². The number of nitrogens with zero attached hydrogens (tertiary/aromatic N) is 1. The standard InChI is InChI=1S/C27H20N2O4S/c1-19-5-4-8-24(15-19)29-27(30)23(18-28)16-20-9-12-25(13-10-20)33-34(31,32)26-14-11-21-6-2-3-7-22(21)17-26/h2-17H,1H3,(H,29,30)/b23-16+. The number of aryl methyl sites for hydroxylation is 1. The molecule has 0 atom stereocenters. The van der Waals surface area contributed by atoms with Gasteiger partial charge in [-0.05, 0) is 71.3 Å². The average Bonchev–Trinajstić information content (AvgIpc) is 2.83. The first-order valence-electron chi connectivity index (χ1n) is 10.4. The van der Waals surface area contributed by atoms with Gasteiger partial charge in [0.1, 0.15) is 22.3 Å². The van der Waals surface area contributed by atoms with E-state index < -0.39 is 16.0 Å². The zero-order valence-electron chi connectivity index (χ0n) is 18.2. The second kappa shape index (κ2) is 9.61. The van der Waals surface area contributed by atoms with Crippen molar-refractivity contribution in [2.75, 3.05) is 5.32 Å². The molecule has 34 heavy (non-hydrogen) atoms. The maximum absolute atomic E-state index is 12.7. The Morgan fingerprint density at radius 2 is 1.65 bits per heavy atom. The number of benzene rings is 4. The fraction of sp³-hybridized carbons (Fsp3) is 0.0370. The molecule has 0 aliphatic carbocycles. The van der Waals surface area contributed by atoms with E-state index in [1.54, 1.807) is 36.4 Å². The Kier molecular flexibility index (Phi) is 6.44. The molecule has 6 nitrogen and oxygen atoms in total. The number of carbonyl (C=O) groups excluding carboxylic acids is 1. The summed E-state index contributed by atoms with van der Waals surface area (Å²) in [6, 6.07) is 27.5. The summed E-state index contributed by atoms with van der Waals surface area (Å²) < 4.78 is 30.7. The lowest BCUT2D eigenvalue weighted by molar-refractivity contribution is -0.112. The highest BCUT2D eigenvalue weighted by molar-refractivity contribution is 7.87. The fourth-order valence-electron chi connectivity index (χ4n) is 3.35. The number of hydrogen-bond acceptors (Lipinski definition) is 5.